The highest BCUT2D eigenvalue weighted by Crippen LogP contribution is 2.32. The van der Waals surface area contributed by atoms with Gasteiger partial charge in [-0.1, -0.05) is 23.7 Å². The first kappa shape index (κ1) is 29.3. The van der Waals surface area contributed by atoms with Crippen molar-refractivity contribution in [2.75, 3.05) is 11.9 Å². The van der Waals surface area contributed by atoms with Gasteiger partial charge in [0.25, 0.3) is 15.9 Å². The largest absolute Gasteiger partial charge is 0.417 e. The van der Waals surface area contributed by atoms with Gasteiger partial charge in [-0.25, -0.2) is 17.8 Å². The number of aromatic nitrogens is 1. The van der Waals surface area contributed by atoms with Crippen molar-refractivity contribution in [2.24, 2.45) is 0 Å². The SMILES string of the molecule is O=C(CCCNc1ncc(C(F)(F)F)cc1Cl)NNS(=O)(=O)c1ccc(CNC(=O)c2ccccc2F)s1. The summed E-state index contributed by atoms with van der Waals surface area (Å²) in [6.45, 7) is 0.0929. The molecule has 0 radical (unpaired) electrons. The molecular formula is C22H20ClF4N5O4S2. The van der Waals surface area contributed by atoms with Crippen LogP contribution in [0.1, 0.15) is 33.6 Å². The zero-order chi connectivity index (χ0) is 27.9. The molecular weight excluding hydrogens is 574 g/mol. The highest BCUT2D eigenvalue weighted by molar-refractivity contribution is 7.91. The average molecular weight is 594 g/mol. The van der Waals surface area contributed by atoms with E-state index < -0.39 is 39.4 Å². The summed E-state index contributed by atoms with van der Waals surface area (Å²) in [6, 6.07) is 8.90. The van der Waals surface area contributed by atoms with E-state index in [0.717, 1.165) is 23.5 Å². The minimum absolute atomic E-state index is 0.0133. The van der Waals surface area contributed by atoms with E-state index in [1.807, 2.05) is 4.83 Å². The van der Waals surface area contributed by atoms with Gasteiger partial charge in [0.15, 0.2) is 0 Å². The van der Waals surface area contributed by atoms with Gasteiger partial charge in [-0.2, -0.15) is 13.2 Å². The standard InChI is InChI=1S/C22H20ClF4N5O4S2/c23-16-10-13(22(25,26)27)11-29-20(16)28-9-3-6-18(33)31-32-38(35,36)19-8-7-14(37-19)12-30-21(34)15-4-1-2-5-17(15)24/h1-2,4-5,7-8,10-11,32H,3,6,9,12H2,(H,28,29)(H,30,34)(H,31,33). The van der Waals surface area contributed by atoms with Crippen LogP contribution in [0, 0.1) is 5.82 Å². The molecule has 16 heteroatoms. The van der Waals surface area contributed by atoms with E-state index in [1.165, 1.54) is 30.3 Å². The van der Waals surface area contributed by atoms with Crippen LogP contribution >= 0.6 is 22.9 Å². The molecule has 204 valence electrons. The lowest BCUT2D eigenvalue weighted by molar-refractivity contribution is -0.137. The molecule has 0 saturated heterocycles. The fourth-order valence-electron chi connectivity index (χ4n) is 2.92. The summed E-state index contributed by atoms with van der Waals surface area (Å²) in [5, 5.41) is 4.97. The molecule has 3 rings (SSSR count). The number of hydrogen-bond donors (Lipinski definition) is 4. The topological polar surface area (TPSA) is 129 Å². The normalized spacial score (nSPS) is 11.7. The van der Waals surface area contributed by atoms with Gasteiger partial charge < -0.3 is 10.6 Å². The third-order valence-corrected chi connectivity index (χ3v) is 7.92. The first-order chi connectivity index (χ1) is 17.9. The number of benzene rings is 1. The molecule has 1 aromatic carbocycles. The van der Waals surface area contributed by atoms with Crippen LogP contribution in [0.25, 0.3) is 0 Å². The minimum Gasteiger partial charge on any atom is -0.369 e. The summed E-state index contributed by atoms with van der Waals surface area (Å²) in [5.41, 5.74) is 0.928. The lowest BCUT2D eigenvalue weighted by Gasteiger charge is -2.11. The minimum atomic E-state index is -4.58. The van der Waals surface area contributed by atoms with Crippen molar-refractivity contribution in [3.63, 3.8) is 0 Å². The van der Waals surface area contributed by atoms with Crippen LogP contribution in [0.5, 0.6) is 0 Å². The van der Waals surface area contributed by atoms with Gasteiger partial charge in [0.05, 0.1) is 22.7 Å². The molecule has 0 aliphatic heterocycles. The number of hydrogen-bond acceptors (Lipinski definition) is 7. The number of hydrazine groups is 1. The van der Waals surface area contributed by atoms with Crippen LogP contribution in [-0.2, 0) is 27.5 Å². The molecule has 4 N–H and O–H groups in total. The molecule has 9 nitrogen and oxygen atoms in total. The number of nitrogens with one attached hydrogen (secondary N) is 4. The summed E-state index contributed by atoms with van der Waals surface area (Å²) < 4.78 is 76.4. The molecule has 38 heavy (non-hydrogen) atoms. The molecule has 0 unspecified atom stereocenters. The van der Waals surface area contributed by atoms with E-state index in [4.69, 9.17) is 11.6 Å². The predicted molar refractivity (Wildman–Crippen MR) is 132 cm³/mol. The number of rotatable bonds is 11. The van der Waals surface area contributed by atoms with Gasteiger partial charge in [-0.05, 0) is 36.8 Å². The second-order valence-electron chi connectivity index (χ2n) is 7.62. The van der Waals surface area contributed by atoms with Crippen LogP contribution in [0.15, 0.2) is 52.9 Å². The van der Waals surface area contributed by atoms with Gasteiger partial charge in [-0.3, -0.25) is 15.0 Å². The number of carbonyl (C=O) groups excluding carboxylic acids is 2. The smallest absolute Gasteiger partial charge is 0.369 e. The Morgan fingerprint density at radius 1 is 1.11 bits per heavy atom. The molecule has 0 fully saturated rings. The summed E-state index contributed by atoms with van der Waals surface area (Å²) >= 11 is 6.64. The van der Waals surface area contributed by atoms with Gasteiger partial charge in [0, 0.05) is 24.0 Å². The third-order valence-electron chi connectivity index (χ3n) is 4.81. The number of carbonyl (C=O) groups is 2. The molecule has 0 bridgehead atoms. The van der Waals surface area contributed by atoms with Gasteiger partial charge in [-0.15, -0.1) is 16.2 Å². The van der Waals surface area contributed by atoms with Crippen molar-refractivity contribution >= 4 is 50.6 Å². The maximum Gasteiger partial charge on any atom is 0.417 e. The molecule has 0 saturated carbocycles. The number of thiophene rings is 1. The summed E-state index contributed by atoms with van der Waals surface area (Å²) in [6.07, 6.45) is -3.88. The Kier molecular flexibility index (Phi) is 9.65. The zero-order valence-corrected chi connectivity index (χ0v) is 21.6. The first-order valence-electron chi connectivity index (χ1n) is 10.8. The van der Waals surface area contributed by atoms with Crippen molar-refractivity contribution in [1.29, 1.82) is 0 Å². The molecule has 2 heterocycles. The Hall–Kier alpha value is -3.27. The van der Waals surface area contributed by atoms with Crippen LogP contribution in [0.4, 0.5) is 23.4 Å². The third kappa shape index (κ3) is 8.11. The van der Waals surface area contributed by atoms with Gasteiger partial charge in [0.1, 0.15) is 15.8 Å². The average Bonchev–Trinajstić information content (AvgIpc) is 3.34. The van der Waals surface area contributed by atoms with Crippen LogP contribution in [0.3, 0.4) is 0 Å². The Bertz CT molecular complexity index is 1420. The van der Waals surface area contributed by atoms with E-state index in [-0.39, 0.29) is 46.5 Å². The number of nitrogens with zero attached hydrogens (tertiary/aromatic N) is 1. The number of halogens is 5. The van der Waals surface area contributed by atoms with Crippen LogP contribution in [0.2, 0.25) is 5.02 Å². The maximum absolute atomic E-state index is 13.7. The Balaban J connectivity index is 1.42. The highest BCUT2D eigenvalue weighted by atomic mass is 35.5. The fraction of sp³-hybridized carbons (Fsp3) is 0.227. The van der Waals surface area contributed by atoms with E-state index in [1.54, 1.807) is 0 Å². The van der Waals surface area contributed by atoms with Gasteiger partial charge >= 0.3 is 6.18 Å². The summed E-state index contributed by atoms with van der Waals surface area (Å²) in [4.78, 5) is 30.1. The quantitative estimate of drug-likeness (QED) is 0.151. The molecule has 0 spiro atoms. The van der Waals surface area contributed by atoms with Crippen molar-refractivity contribution in [2.45, 2.75) is 29.8 Å². The van der Waals surface area contributed by atoms with Crippen LogP contribution in [-0.4, -0.2) is 31.8 Å². The van der Waals surface area contributed by atoms with Crippen molar-refractivity contribution in [1.82, 2.24) is 20.6 Å². The van der Waals surface area contributed by atoms with E-state index in [9.17, 15) is 35.6 Å². The number of sulfonamides is 1. The van der Waals surface area contributed by atoms with Crippen LogP contribution < -0.4 is 20.9 Å². The molecule has 0 atom stereocenters. The Morgan fingerprint density at radius 2 is 1.84 bits per heavy atom. The second kappa shape index (κ2) is 12.5. The first-order valence-corrected chi connectivity index (χ1v) is 13.4. The maximum atomic E-state index is 13.7. The lowest BCUT2D eigenvalue weighted by Crippen LogP contribution is -2.41. The molecule has 3 aromatic rings. The van der Waals surface area contributed by atoms with Gasteiger partial charge in [0.2, 0.25) is 5.91 Å². The summed E-state index contributed by atoms with van der Waals surface area (Å²) in [5.74, 6) is -1.98. The van der Waals surface area contributed by atoms with E-state index >= 15 is 0 Å². The fourth-order valence-corrected chi connectivity index (χ4v) is 5.31. The Labute approximate surface area is 223 Å². The molecule has 0 aliphatic carbocycles. The molecule has 0 aliphatic rings. The predicted octanol–water partition coefficient (Wildman–Crippen LogP) is 4.09. The second-order valence-corrected chi connectivity index (χ2v) is 11.1. The highest BCUT2D eigenvalue weighted by Gasteiger charge is 2.31. The zero-order valence-electron chi connectivity index (χ0n) is 19.2. The summed E-state index contributed by atoms with van der Waals surface area (Å²) in [7, 11) is -4.10. The number of amides is 2. The number of anilines is 1. The lowest BCUT2D eigenvalue weighted by atomic mass is 10.2. The Morgan fingerprint density at radius 3 is 2.53 bits per heavy atom. The monoisotopic (exact) mass is 593 g/mol. The molecule has 2 amide bonds. The van der Waals surface area contributed by atoms with Crippen molar-refractivity contribution < 1.29 is 35.6 Å². The number of alkyl halides is 3. The number of pyridine rings is 1. The van der Waals surface area contributed by atoms with Crippen molar-refractivity contribution in [3.05, 3.63) is 75.5 Å². The van der Waals surface area contributed by atoms with E-state index in [0.29, 0.717) is 11.1 Å². The van der Waals surface area contributed by atoms with E-state index in [2.05, 4.69) is 21.0 Å². The van der Waals surface area contributed by atoms with Crippen molar-refractivity contribution in [3.8, 4) is 0 Å². The molecule has 2 aromatic heterocycles.